The Morgan fingerprint density at radius 1 is 1.54 bits per heavy atom. The summed E-state index contributed by atoms with van der Waals surface area (Å²) < 4.78 is 46.2. The average Bonchev–Trinajstić information content (AvgIpc) is 2.05. The fourth-order valence-electron chi connectivity index (χ4n) is 0.753. The zero-order valence-corrected chi connectivity index (χ0v) is 7.89. The fraction of sp³-hybridized carbons (Fsp3) is 0.833. The first-order valence-electron chi connectivity index (χ1n) is 3.60. The first-order chi connectivity index (χ1) is 5.96. The first-order valence-corrected chi connectivity index (χ1v) is 5.11. The molecule has 0 spiro atoms. The van der Waals surface area contributed by atoms with Crippen molar-refractivity contribution in [2.75, 3.05) is 13.1 Å². The van der Waals surface area contributed by atoms with Crippen molar-refractivity contribution in [3.63, 3.8) is 0 Å². The van der Waals surface area contributed by atoms with Crippen molar-refractivity contribution >= 4 is 10.0 Å². The molecule has 0 saturated heterocycles. The molecule has 0 aliphatic rings. The topological polar surface area (TPSA) is 61.2 Å². The average molecular weight is 212 g/mol. The lowest BCUT2D eigenvalue weighted by molar-refractivity contribution is 0.220. The smallest absolute Gasteiger partial charge is 0.206 e. The Kier molecular flexibility index (Phi) is 4.80. The lowest BCUT2D eigenvalue weighted by atomic mass is 10.5. The summed E-state index contributed by atoms with van der Waals surface area (Å²) in [6, 6.07) is 1.69. The van der Waals surface area contributed by atoms with Crippen LogP contribution >= 0.6 is 0 Å². The molecule has 0 aromatic carbocycles. The van der Waals surface area contributed by atoms with Crippen LogP contribution in [0.2, 0.25) is 0 Å². The molecule has 0 aromatic heterocycles. The molecule has 0 radical (unpaired) electrons. The van der Waals surface area contributed by atoms with E-state index in [0.29, 0.717) is 4.31 Å². The minimum atomic E-state index is -4.51. The monoisotopic (exact) mass is 212 g/mol. The van der Waals surface area contributed by atoms with Crippen LogP contribution in [-0.4, -0.2) is 31.6 Å². The third-order valence-corrected chi connectivity index (χ3v) is 3.02. The molecular weight excluding hydrogens is 202 g/mol. The van der Waals surface area contributed by atoms with E-state index >= 15 is 0 Å². The Balaban J connectivity index is 4.50. The summed E-state index contributed by atoms with van der Waals surface area (Å²) in [5.41, 5.74) is 0. The molecule has 0 heterocycles. The van der Waals surface area contributed by atoms with Crippen LogP contribution in [0.5, 0.6) is 0 Å². The van der Waals surface area contributed by atoms with E-state index in [1.165, 1.54) is 6.92 Å². The van der Waals surface area contributed by atoms with Gasteiger partial charge in [-0.25, -0.2) is 8.42 Å². The van der Waals surface area contributed by atoms with Crippen molar-refractivity contribution in [2.24, 2.45) is 0 Å². The lowest BCUT2D eigenvalue weighted by Gasteiger charge is -2.17. The summed E-state index contributed by atoms with van der Waals surface area (Å²) in [5, 5.41) is 8.16. The van der Waals surface area contributed by atoms with E-state index in [4.69, 9.17) is 5.26 Å². The number of alkyl halides is 2. The molecule has 0 aliphatic heterocycles. The van der Waals surface area contributed by atoms with E-state index < -0.39 is 15.8 Å². The van der Waals surface area contributed by atoms with Crippen LogP contribution in [0, 0.1) is 11.3 Å². The second kappa shape index (κ2) is 5.09. The molecule has 4 nitrogen and oxygen atoms in total. The van der Waals surface area contributed by atoms with Gasteiger partial charge in [0.2, 0.25) is 0 Å². The van der Waals surface area contributed by atoms with Crippen LogP contribution in [0.1, 0.15) is 13.3 Å². The predicted molar refractivity (Wildman–Crippen MR) is 42.4 cm³/mol. The van der Waals surface area contributed by atoms with Gasteiger partial charge in [0.25, 0.3) is 10.0 Å². The Morgan fingerprint density at radius 2 is 2.08 bits per heavy atom. The van der Waals surface area contributed by atoms with Gasteiger partial charge in [-0.15, -0.1) is 0 Å². The van der Waals surface area contributed by atoms with Crippen molar-refractivity contribution in [1.29, 1.82) is 5.26 Å². The van der Waals surface area contributed by atoms with Gasteiger partial charge in [-0.3, -0.25) is 0 Å². The van der Waals surface area contributed by atoms with Gasteiger partial charge in [0.1, 0.15) is 0 Å². The van der Waals surface area contributed by atoms with Crippen LogP contribution in [0.15, 0.2) is 0 Å². The second-order valence-electron chi connectivity index (χ2n) is 2.21. The standard InChI is InChI=1S/C6H10F2N2O2S/c1-2-10(5-3-4-9)13(11,12)6(7)8/h6H,2-3,5H2,1H3. The van der Waals surface area contributed by atoms with Crippen molar-refractivity contribution in [2.45, 2.75) is 19.1 Å². The number of nitrogens with zero attached hydrogens (tertiary/aromatic N) is 2. The third kappa shape index (κ3) is 3.24. The van der Waals surface area contributed by atoms with Crippen LogP contribution < -0.4 is 0 Å². The Morgan fingerprint density at radius 3 is 2.38 bits per heavy atom. The second-order valence-corrected chi connectivity index (χ2v) is 4.11. The zero-order valence-electron chi connectivity index (χ0n) is 7.07. The first kappa shape index (κ1) is 12.3. The molecule has 0 unspecified atom stereocenters. The summed E-state index contributed by atoms with van der Waals surface area (Å²) in [7, 11) is -4.51. The highest BCUT2D eigenvalue weighted by molar-refractivity contribution is 7.89. The summed E-state index contributed by atoms with van der Waals surface area (Å²) in [6.45, 7) is 1.21. The number of nitriles is 1. The van der Waals surface area contributed by atoms with E-state index in [0.717, 1.165) is 0 Å². The molecule has 0 N–H and O–H groups in total. The normalized spacial score (nSPS) is 12.0. The van der Waals surface area contributed by atoms with Gasteiger partial charge in [-0.1, -0.05) is 6.92 Å². The molecule has 0 bridgehead atoms. The summed E-state index contributed by atoms with van der Waals surface area (Å²) in [6.07, 6.45) is -0.0835. The number of rotatable bonds is 5. The molecule has 0 amide bonds. The van der Waals surface area contributed by atoms with Gasteiger partial charge in [0, 0.05) is 19.5 Å². The molecule has 0 aliphatic carbocycles. The molecular formula is C6H10F2N2O2S. The maximum Gasteiger partial charge on any atom is 0.350 e. The molecule has 0 aromatic rings. The van der Waals surface area contributed by atoms with E-state index in [1.807, 2.05) is 0 Å². The maximum atomic E-state index is 12.0. The SMILES string of the molecule is CCN(CCC#N)S(=O)(=O)C(F)F. The van der Waals surface area contributed by atoms with Gasteiger partial charge in [0.05, 0.1) is 6.07 Å². The Labute approximate surface area is 75.8 Å². The number of halogens is 2. The van der Waals surface area contributed by atoms with E-state index in [2.05, 4.69) is 0 Å². The minimum absolute atomic E-state index is 0.0473. The van der Waals surface area contributed by atoms with Gasteiger partial charge >= 0.3 is 5.76 Å². The molecule has 13 heavy (non-hydrogen) atoms. The maximum absolute atomic E-state index is 12.0. The molecule has 0 saturated carbocycles. The van der Waals surface area contributed by atoms with Crippen molar-refractivity contribution < 1.29 is 17.2 Å². The molecule has 0 atom stereocenters. The summed E-state index contributed by atoms with van der Waals surface area (Å²) in [5.74, 6) is -3.41. The minimum Gasteiger partial charge on any atom is -0.206 e. The van der Waals surface area contributed by atoms with Crippen LogP contribution in [-0.2, 0) is 10.0 Å². The highest BCUT2D eigenvalue weighted by atomic mass is 32.2. The predicted octanol–water partition coefficient (Wildman–Crippen LogP) is 0.774. The summed E-state index contributed by atoms with van der Waals surface area (Å²) >= 11 is 0. The largest absolute Gasteiger partial charge is 0.350 e. The van der Waals surface area contributed by atoms with Gasteiger partial charge in [-0.2, -0.15) is 18.3 Å². The highest BCUT2D eigenvalue weighted by Crippen LogP contribution is 2.11. The van der Waals surface area contributed by atoms with E-state index in [9.17, 15) is 17.2 Å². The van der Waals surface area contributed by atoms with Gasteiger partial charge < -0.3 is 0 Å². The molecule has 7 heteroatoms. The Bertz CT molecular complexity index is 283. The van der Waals surface area contributed by atoms with E-state index in [-0.39, 0.29) is 19.5 Å². The Hall–Kier alpha value is -0.740. The van der Waals surface area contributed by atoms with Crippen molar-refractivity contribution in [3.8, 4) is 6.07 Å². The lowest BCUT2D eigenvalue weighted by Crippen LogP contribution is -2.35. The molecule has 76 valence electrons. The highest BCUT2D eigenvalue weighted by Gasteiger charge is 2.30. The third-order valence-electron chi connectivity index (χ3n) is 1.41. The van der Waals surface area contributed by atoms with Crippen LogP contribution in [0.3, 0.4) is 0 Å². The van der Waals surface area contributed by atoms with Crippen molar-refractivity contribution in [1.82, 2.24) is 4.31 Å². The number of sulfonamides is 1. The quantitative estimate of drug-likeness (QED) is 0.676. The zero-order chi connectivity index (χ0) is 10.5. The van der Waals surface area contributed by atoms with Gasteiger partial charge in [0.15, 0.2) is 0 Å². The van der Waals surface area contributed by atoms with Crippen LogP contribution in [0.25, 0.3) is 0 Å². The molecule has 0 rings (SSSR count). The number of hydrogen-bond donors (Lipinski definition) is 0. The number of hydrogen-bond acceptors (Lipinski definition) is 3. The molecule has 0 fully saturated rings. The van der Waals surface area contributed by atoms with Crippen molar-refractivity contribution in [3.05, 3.63) is 0 Å². The van der Waals surface area contributed by atoms with E-state index in [1.54, 1.807) is 6.07 Å². The summed E-state index contributed by atoms with van der Waals surface area (Å²) in [4.78, 5) is 0. The van der Waals surface area contributed by atoms with Gasteiger partial charge in [-0.05, 0) is 0 Å². The van der Waals surface area contributed by atoms with Crippen LogP contribution in [0.4, 0.5) is 8.78 Å². The fourth-order valence-corrected chi connectivity index (χ4v) is 1.68.